The molecule has 0 amide bonds. The third-order valence-corrected chi connectivity index (χ3v) is 3.33. The maximum atomic E-state index is 12.3. The highest BCUT2D eigenvalue weighted by atomic mass is 32.1. The van der Waals surface area contributed by atoms with Crippen molar-refractivity contribution in [3.63, 3.8) is 0 Å². The molecule has 2 aromatic rings. The number of nitrogens with one attached hydrogen (secondary N) is 2. The van der Waals surface area contributed by atoms with Gasteiger partial charge in [-0.05, 0) is 36.5 Å². The Bertz CT molecular complexity index is 783. The van der Waals surface area contributed by atoms with E-state index in [9.17, 15) is 13.2 Å². The Kier molecular flexibility index (Phi) is 4.84. The summed E-state index contributed by atoms with van der Waals surface area (Å²) in [7, 11) is 0. The van der Waals surface area contributed by atoms with Crippen molar-refractivity contribution in [3.05, 3.63) is 42.5 Å². The molecule has 0 fully saturated rings. The van der Waals surface area contributed by atoms with E-state index in [0.29, 0.717) is 36.1 Å². The van der Waals surface area contributed by atoms with Crippen LogP contribution in [0.3, 0.4) is 0 Å². The van der Waals surface area contributed by atoms with Crippen LogP contribution in [0.4, 0.5) is 24.5 Å². The van der Waals surface area contributed by atoms with Crippen molar-refractivity contribution in [2.75, 3.05) is 23.8 Å². The molecule has 2 N–H and O–H groups in total. The first-order valence-electron chi connectivity index (χ1n) is 7.22. The molecule has 5 nitrogen and oxygen atoms in total. The van der Waals surface area contributed by atoms with E-state index in [1.165, 1.54) is 18.2 Å². The first kappa shape index (κ1) is 17.2. The van der Waals surface area contributed by atoms with Crippen molar-refractivity contribution in [1.82, 2.24) is 0 Å². The van der Waals surface area contributed by atoms with Crippen LogP contribution in [0.25, 0.3) is 0 Å². The lowest BCUT2D eigenvalue weighted by Gasteiger charge is -2.19. The fourth-order valence-corrected chi connectivity index (χ4v) is 2.42. The van der Waals surface area contributed by atoms with Gasteiger partial charge in [-0.3, -0.25) is 0 Å². The van der Waals surface area contributed by atoms with Crippen LogP contribution in [0, 0.1) is 0 Å². The van der Waals surface area contributed by atoms with Gasteiger partial charge in [-0.25, -0.2) is 0 Å². The first-order valence-corrected chi connectivity index (χ1v) is 7.63. The molecule has 0 bridgehead atoms. The Morgan fingerprint density at radius 1 is 0.960 bits per heavy atom. The molecule has 0 saturated carbocycles. The molecule has 0 aliphatic carbocycles. The molecule has 9 heteroatoms. The van der Waals surface area contributed by atoms with Gasteiger partial charge >= 0.3 is 6.36 Å². The molecular formula is C16H13F3N2O3S. The molecule has 2 aromatic carbocycles. The zero-order chi connectivity index (χ0) is 17.9. The number of hydrogen-bond donors (Lipinski definition) is 2. The molecule has 1 aliphatic rings. The summed E-state index contributed by atoms with van der Waals surface area (Å²) in [5, 5.41) is 5.94. The largest absolute Gasteiger partial charge is 0.573 e. The number of benzene rings is 2. The summed E-state index contributed by atoms with van der Waals surface area (Å²) in [5.41, 5.74) is 1.02. The third kappa shape index (κ3) is 4.90. The molecule has 0 saturated heterocycles. The quantitative estimate of drug-likeness (QED) is 0.791. The summed E-state index contributed by atoms with van der Waals surface area (Å²) in [6.07, 6.45) is -4.75. The lowest BCUT2D eigenvalue weighted by atomic mass is 10.2. The minimum atomic E-state index is -4.75. The fraction of sp³-hybridized carbons (Fsp3) is 0.188. The number of anilines is 2. The number of alkyl halides is 3. The van der Waals surface area contributed by atoms with Gasteiger partial charge in [0, 0.05) is 23.5 Å². The zero-order valence-corrected chi connectivity index (χ0v) is 13.5. The van der Waals surface area contributed by atoms with Gasteiger partial charge in [0.05, 0.1) is 0 Å². The van der Waals surface area contributed by atoms with E-state index in [2.05, 4.69) is 15.4 Å². The van der Waals surface area contributed by atoms with E-state index in [4.69, 9.17) is 21.7 Å². The predicted molar refractivity (Wildman–Crippen MR) is 90.4 cm³/mol. The second-order valence-corrected chi connectivity index (χ2v) is 5.42. The van der Waals surface area contributed by atoms with Crippen LogP contribution in [0.5, 0.6) is 17.2 Å². The van der Waals surface area contributed by atoms with Crippen molar-refractivity contribution < 1.29 is 27.4 Å². The standard InChI is InChI=1S/C16H13F3N2O3S/c17-16(18,19)24-12-3-1-2-10(8-12)20-15(25)21-11-4-5-13-14(9-11)23-7-6-22-13/h1-5,8-9H,6-7H2,(H2,20,21,25). The maximum Gasteiger partial charge on any atom is 0.573 e. The minimum Gasteiger partial charge on any atom is -0.486 e. The van der Waals surface area contributed by atoms with Crippen molar-refractivity contribution in [1.29, 1.82) is 0 Å². The number of thiocarbonyl (C=S) groups is 1. The van der Waals surface area contributed by atoms with Crippen LogP contribution >= 0.6 is 12.2 Å². The van der Waals surface area contributed by atoms with E-state index < -0.39 is 6.36 Å². The molecule has 0 spiro atoms. The Morgan fingerprint density at radius 3 is 2.36 bits per heavy atom. The highest BCUT2D eigenvalue weighted by Crippen LogP contribution is 2.32. The van der Waals surface area contributed by atoms with Gasteiger partial charge in [-0.2, -0.15) is 0 Å². The van der Waals surface area contributed by atoms with Crippen LogP contribution in [0.15, 0.2) is 42.5 Å². The maximum absolute atomic E-state index is 12.3. The van der Waals surface area contributed by atoms with Gasteiger partial charge < -0.3 is 24.8 Å². The second kappa shape index (κ2) is 7.06. The van der Waals surface area contributed by atoms with Crippen molar-refractivity contribution >= 4 is 28.7 Å². The molecular weight excluding hydrogens is 357 g/mol. The summed E-state index contributed by atoms with van der Waals surface area (Å²) in [6.45, 7) is 0.960. The Hall–Kier alpha value is -2.68. The number of rotatable bonds is 3. The van der Waals surface area contributed by atoms with Crippen LogP contribution in [-0.2, 0) is 0 Å². The number of fused-ring (bicyclic) bond motifs is 1. The molecule has 1 aliphatic heterocycles. The lowest BCUT2D eigenvalue weighted by Crippen LogP contribution is -2.20. The van der Waals surface area contributed by atoms with Crippen molar-refractivity contribution in [2.24, 2.45) is 0 Å². The molecule has 0 radical (unpaired) electrons. The average Bonchev–Trinajstić information content (AvgIpc) is 2.53. The highest BCUT2D eigenvalue weighted by Gasteiger charge is 2.31. The van der Waals surface area contributed by atoms with Crippen LogP contribution < -0.4 is 24.8 Å². The average molecular weight is 370 g/mol. The number of ether oxygens (including phenoxy) is 3. The Labute approximate surface area is 146 Å². The molecule has 0 atom stereocenters. The number of halogens is 3. The minimum absolute atomic E-state index is 0.209. The zero-order valence-electron chi connectivity index (χ0n) is 12.7. The van der Waals surface area contributed by atoms with Gasteiger partial charge in [-0.1, -0.05) is 6.07 Å². The summed E-state index contributed by atoms with van der Waals surface area (Å²) in [6, 6.07) is 10.6. The monoisotopic (exact) mass is 370 g/mol. The smallest absolute Gasteiger partial charge is 0.486 e. The van der Waals surface area contributed by atoms with E-state index in [1.54, 1.807) is 24.3 Å². The lowest BCUT2D eigenvalue weighted by molar-refractivity contribution is -0.274. The van der Waals surface area contributed by atoms with E-state index in [1.807, 2.05) is 0 Å². The van der Waals surface area contributed by atoms with Gasteiger partial charge in [0.15, 0.2) is 16.6 Å². The van der Waals surface area contributed by atoms with E-state index >= 15 is 0 Å². The topological polar surface area (TPSA) is 51.8 Å². The van der Waals surface area contributed by atoms with Crippen LogP contribution in [0.1, 0.15) is 0 Å². The summed E-state index contributed by atoms with van der Waals surface area (Å²) >= 11 is 5.17. The SMILES string of the molecule is FC(F)(F)Oc1cccc(NC(=S)Nc2ccc3c(c2)OCCO3)c1. The van der Waals surface area contributed by atoms with E-state index in [0.717, 1.165) is 0 Å². The summed E-state index contributed by atoms with van der Waals surface area (Å²) < 4.78 is 51.5. The van der Waals surface area contributed by atoms with Crippen molar-refractivity contribution in [2.45, 2.75) is 6.36 Å². The van der Waals surface area contributed by atoms with Gasteiger partial charge in [-0.15, -0.1) is 13.2 Å². The molecule has 25 heavy (non-hydrogen) atoms. The van der Waals surface area contributed by atoms with Crippen LogP contribution in [-0.4, -0.2) is 24.7 Å². The Balaban J connectivity index is 1.64. The predicted octanol–water partition coefficient (Wildman–Crippen LogP) is 4.17. The van der Waals surface area contributed by atoms with Gasteiger partial charge in [0.1, 0.15) is 19.0 Å². The molecule has 132 valence electrons. The molecule has 0 unspecified atom stereocenters. The fourth-order valence-electron chi connectivity index (χ4n) is 2.19. The van der Waals surface area contributed by atoms with Gasteiger partial charge in [0.2, 0.25) is 0 Å². The summed E-state index contributed by atoms with van der Waals surface area (Å²) in [5.74, 6) is 0.909. The van der Waals surface area contributed by atoms with E-state index in [-0.39, 0.29) is 10.9 Å². The third-order valence-electron chi connectivity index (χ3n) is 3.13. The first-order chi connectivity index (χ1) is 11.9. The highest BCUT2D eigenvalue weighted by molar-refractivity contribution is 7.80. The second-order valence-electron chi connectivity index (χ2n) is 5.01. The molecule has 1 heterocycles. The van der Waals surface area contributed by atoms with Crippen molar-refractivity contribution in [3.8, 4) is 17.2 Å². The number of hydrogen-bond acceptors (Lipinski definition) is 4. The Morgan fingerprint density at radius 2 is 1.64 bits per heavy atom. The normalized spacial score (nSPS) is 13.1. The summed E-state index contributed by atoms with van der Waals surface area (Å²) in [4.78, 5) is 0. The van der Waals surface area contributed by atoms with Crippen LogP contribution in [0.2, 0.25) is 0 Å². The molecule has 3 rings (SSSR count). The molecule has 0 aromatic heterocycles. The van der Waals surface area contributed by atoms with Gasteiger partial charge in [0.25, 0.3) is 0 Å².